The highest BCUT2D eigenvalue weighted by Gasteiger charge is 2.37. The van der Waals surface area contributed by atoms with Gasteiger partial charge in [-0.25, -0.2) is 4.98 Å². The van der Waals surface area contributed by atoms with Gasteiger partial charge in [0.05, 0.1) is 23.8 Å². The summed E-state index contributed by atoms with van der Waals surface area (Å²) < 4.78 is 5.85. The van der Waals surface area contributed by atoms with Crippen molar-refractivity contribution >= 4 is 17.4 Å². The van der Waals surface area contributed by atoms with E-state index in [2.05, 4.69) is 22.1 Å². The Kier molecular flexibility index (Phi) is 4.44. The summed E-state index contributed by atoms with van der Waals surface area (Å²) in [4.78, 5) is 6.96. The molecule has 0 radical (unpaired) electrons. The molecular formula is C15H22ClN3O. The number of nitrogens with zero attached hydrogens (tertiary/aromatic N) is 2. The molecule has 4 nitrogen and oxygen atoms in total. The maximum Gasteiger partial charge on any atom is 0.147 e. The minimum Gasteiger partial charge on any atom is -0.374 e. The van der Waals surface area contributed by atoms with Gasteiger partial charge in [0.1, 0.15) is 5.82 Å². The average molecular weight is 296 g/mol. The first-order valence-corrected chi connectivity index (χ1v) is 7.90. The molecular weight excluding hydrogens is 274 g/mol. The van der Waals surface area contributed by atoms with Crippen LogP contribution in [0.1, 0.15) is 31.7 Å². The Morgan fingerprint density at radius 1 is 1.50 bits per heavy atom. The molecule has 2 aliphatic rings. The molecule has 110 valence electrons. The maximum absolute atomic E-state index is 6.46. The molecule has 2 fully saturated rings. The lowest BCUT2D eigenvalue weighted by Gasteiger charge is -2.38. The third-order valence-electron chi connectivity index (χ3n) is 4.21. The van der Waals surface area contributed by atoms with Crippen molar-refractivity contribution in [1.82, 2.24) is 10.3 Å². The van der Waals surface area contributed by atoms with E-state index in [1.807, 2.05) is 12.3 Å². The summed E-state index contributed by atoms with van der Waals surface area (Å²) in [5, 5.41) is 4.05. The van der Waals surface area contributed by atoms with Gasteiger partial charge >= 0.3 is 0 Å². The predicted octanol–water partition coefficient (Wildman–Crippen LogP) is 2.60. The van der Waals surface area contributed by atoms with Crippen LogP contribution in [0.2, 0.25) is 5.02 Å². The number of pyridine rings is 1. The summed E-state index contributed by atoms with van der Waals surface area (Å²) in [6.07, 6.45) is 5.88. The van der Waals surface area contributed by atoms with Gasteiger partial charge in [-0.3, -0.25) is 0 Å². The second-order valence-electron chi connectivity index (χ2n) is 5.53. The minimum absolute atomic E-state index is 0.364. The molecule has 1 aliphatic heterocycles. The van der Waals surface area contributed by atoms with E-state index in [1.165, 1.54) is 12.8 Å². The topological polar surface area (TPSA) is 37.4 Å². The van der Waals surface area contributed by atoms with Crippen LogP contribution in [0.3, 0.4) is 0 Å². The van der Waals surface area contributed by atoms with Crippen LogP contribution in [-0.2, 0) is 11.3 Å². The SMILES string of the molecule is CCNCc1cnc(N2CCOC3CCCC32)c(Cl)c1. The van der Waals surface area contributed by atoms with Crippen molar-refractivity contribution < 1.29 is 4.74 Å². The minimum atomic E-state index is 0.364. The van der Waals surface area contributed by atoms with Crippen LogP contribution in [0.4, 0.5) is 5.82 Å². The molecule has 5 heteroatoms. The second kappa shape index (κ2) is 6.29. The molecule has 1 saturated heterocycles. The van der Waals surface area contributed by atoms with Crippen LogP contribution < -0.4 is 10.2 Å². The first kappa shape index (κ1) is 14.1. The molecule has 3 rings (SSSR count). The highest BCUT2D eigenvalue weighted by atomic mass is 35.5. The molecule has 2 unspecified atom stereocenters. The molecule has 1 aromatic rings. The molecule has 0 amide bonds. The van der Waals surface area contributed by atoms with Gasteiger partial charge in [0.15, 0.2) is 0 Å². The van der Waals surface area contributed by atoms with E-state index < -0.39 is 0 Å². The third kappa shape index (κ3) is 2.78. The number of fused-ring (bicyclic) bond motifs is 1. The summed E-state index contributed by atoms with van der Waals surface area (Å²) in [6, 6.07) is 2.49. The number of morpholine rings is 1. The Labute approximate surface area is 125 Å². The predicted molar refractivity (Wildman–Crippen MR) is 81.4 cm³/mol. The fraction of sp³-hybridized carbons (Fsp3) is 0.667. The van der Waals surface area contributed by atoms with Gasteiger partial charge in [-0.2, -0.15) is 0 Å². The van der Waals surface area contributed by atoms with Gasteiger partial charge in [0.2, 0.25) is 0 Å². The molecule has 2 atom stereocenters. The number of ether oxygens (including phenoxy) is 1. The summed E-state index contributed by atoms with van der Waals surface area (Å²) in [6.45, 7) is 5.53. The Bertz CT molecular complexity index is 468. The summed E-state index contributed by atoms with van der Waals surface area (Å²) in [5.41, 5.74) is 1.14. The van der Waals surface area contributed by atoms with Crippen molar-refractivity contribution in [3.8, 4) is 0 Å². The maximum atomic E-state index is 6.46. The summed E-state index contributed by atoms with van der Waals surface area (Å²) in [7, 11) is 0. The lowest BCUT2D eigenvalue weighted by Crippen LogP contribution is -2.49. The van der Waals surface area contributed by atoms with Gasteiger partial charge in [0.25, 0.3) is 0 Å². The number of halogens is 1. The smallest absolute Gasteiger partial charge is 0.147 e. The first-order valence-electron chi connectivity index (χ1n) is 7.53. The van der Waals surface area contributed by atoms with E-state index in [1.54, 1.807) is 0 Å². The summed E-state index contributed by atoms with van der Waals surface area (Å²) in [5.74, 6) is 0.923. The fourth-order valence-corrected chi connectivity index (χ4v) is 3.53. The van der Waals surface area contributed by atoms with E-state index in [-0.39, 0.29) is 0 Å². The monoisotopic (exact) mass is 295 g/mol. The van der Waals surface area contributed by atoms with Gasteiger partial charge < -0.3 is 15.0 Å². The van der Waals surface area contributed by atoms with E-state index in [9.17, 15) is 0 Å². The molecule has 1 aliphatic carbocycles. The quantitative estimate of drug-likeness (QED) is 0.926. The number of hydrogen-bond acceptors (Lipinski definition) is 4. The summed E-state index contributed by atoms with van der Waals surface area (Å²) >= 11 is 6.46. The Balaban J connectivity index is 1.79. The number of hydrogen-bond donors (Lipinski definition) is 1. The highest BCUT2D eigenvalue weighted by Crippen LogP contribution is 2.35. The number of anilines is 1. The fourth-order valence-electron chi connectivity index (χ4n) is 3.24. The molecule has 0 aromatic carbocycles. The first-order chi connectivity index (χ1) is 9.79. The van der Waals surface area contributed by atoms with E-state index in [4.69, 9.17) is 16.3 Å². The molecule has 0 bridgehead atoms. The lowest BCUT2D eigenvalue weighted by molar-refractivity contribution is 0.0253. The number of nitrogens with one attached hydrogen (secondary N) is 1. The third-order valence-corrected chi connectivity index (χ3v) is 4.49. The van der Waals surface area contributed by atoms with E-state index >= 15 is 0 Å². The van der Waals surface area contributed by atoms with Gasteiger partial charge in [-0.15, -0.1) is 0 Å². The zero-order valence-corrected chi connectivity index (χ0v) is 12.7. The Hall–Kier alpha value is -0.840. The van der Waals surface area contributed by atoms with Crippen molar-refractivity contribution in [3.05, 3.63) is 22.8 Å². The van der Waals surface area contributed by atoms with Crippen LogP contribution >= 0.6 is 11.6 Å². The van der Waals surface area contributed by atoms with Crippen molar-refractivity contribution in [2.24, 2.45) is 0 Å². The highest BCUT2D eigenvalue weighted by molar-refractivity contribution is 6.33. The van der Waals surface area contributed by atoms with Crippen LogP contribution in [0.5, 0.6) is 0 Å². The average Bonchev–Trinajstić information content (AvgIpc) is 2.94. The van der Waals surface area contributed by atoms with Crippen LogP contribution in [-0.4, -0.2) is 36.8 Å². The van der Waals surface area contributed by atoms with Gasteiger partial charge in [-0.1, -0.05) is 18.5 Å². The van der Waals surface area contributed by atoms with Crippen molar-refractivity contribution in [2.75, 3.05) is 24.6 Å². The van der Waals surface area contributed by atoms with Gasteiger partial charge in [-0.05, 0) is 37.4 Å². The molecule has 1 N–H and O–H groups in total. The molecule has 20 heavy (non-hydrogen) atoms. The molecule has 2 heterocycles. The standard InChI is InChI=1S/C15H22ClN3O/c1-2-17-9-11-8-12(16)15(18-10-11)19-6-7-20-14-5-3-4-13(14)19/h8,10,13-14,17H,2-7,9H2,1H3. The number of rotatable bonds is 4. The normalized spacial score (nSPS) is 25.8. The van der Waals surface area contributed by atoms with E-state index in [0.29, 0.717) is 12.1 Å². The molecule has 1 aromatic heterocycles. The zero-order chi connectivity index (χ0) is 13.9. The van der Waals surface area contributed by atoms with Crippen LogP contribution in [0.25, 0.3) is 0 Å². The zero-order valence-electron chi connectivity index (χ0n) is 11.9. The largest absolute Gasteiger partial charge is 0.374 e. The van der Waals surface area contributed by atoms with Crippen molar-refractivity contribution in [2.45, 2.75) is 44.9 Å². The molecule has 1 saturated carbocycles. The van der Waals surface area contributed by atoms with Gasteiger partial charge in [0, 0.05) is 19.3 Å². The molecule has 0 spiro atoms. The number of aromatic nitrogens is 1. The Morgan fingerprint density at radius 2 is 2.40 bits per heavy atom. The van der Waals surface area contributed by atoms with Crippen LogP contribution in [0, 0.1) is 0 Å². The lowest BCUT2D eigenvalue weighted by atomic mass is 10.1. The Morgan fingerprint density at radius 3 is 3.20 bits per heavy atom. The van der Waals surface area contributed by atoms with E-state index in [0.717, 1.165) is 49.1 Å². The van der Waals surface area contributed by atoms with Crippen LogP contribution in [0.15, 0.2) is 12.3 Å². The second-order valence-corrected chi connectivity index (χ2v) is 5.94. The van der Waals surface area contributed by atoms with Crippen molar-refractivity contribution in [1.29, 1.82) is 0 Å². The van der Waals surface area contributed by atoms with Crippen molar-refractivity contribution in [3.63, 3.8) is 0 Å².